The molecule has 0 saturated carbocycles. The van der Waals surface area contributed by atoms with Crippen molar-refractivity contribution >= 4 is 5.97 Å². The lowest BCUT2D eigenvalue weighted by molar-refractivity contribution is -0.150. The highest BCUT2D eigenvalue weighted by Crippen LogP contribution is 2.12. The van der Waals surface area contributed by atoms with Gasteiger partial charge in [-0.05, 0) is 40.7 Å². The third kappa shape index (κ3) is 5.47. The van der Waals surface area contributed by atoms with Crippen molar-refractivity contribution in [2.45, 2.75) is 45.3 Å². The number of piperidine rings is 1. The molecular weight excluding hydrogens is 204 g/mol. The summed E-state index contributed by atoms with van der Waals surface area (Å²) in [5.74, 6) is -0.135. The molecule has 0 radical (unpaired) electrons. The van der Waals surface area contributed by atoms with Crippen molar-refractivity contribution in [3.63, 3.8) is 0 Å². The summed E-state index contributed by atoms with van der Waals surface area (Å²) in [5, 5.41) is 3.14. The number of esters is 1. The smallest absolute Gasteiger partial charge is 0.320 e. The molecule has 1 fully saturated rings. The van der Waals surface area contributed by atoms with Crippen LogP contribution < -0.4 is 5.32 Å². The Morgan fingerprint density at radius 3 is 2.44 bits per heavy atom. The van der Waals surface area contributed by atoms with E-state index in [9.17, 15) is 4.79 Å². The van der Waals surface area contributed by atoms with Gasteiger partial charge in [0.2, 0.25) is 0 Å². The Morgan fingerprint density at radius 2 is 1.94 bits per heavy atom. The highest BCUT2D eigenvalue weighted by Gasteiger charge is 2.20. The molecule has 1 aliphatic heterocycles. The van der Waals surface area contributed by atoms with Crippen LogP contribution in [0.5, 0.6) is 0 Å². The second kappa shape index (κ2) is 5.64. The zero-order valence-corrected chi connectivity index (χ0v) is 10.9. The molecule has 0 aromatic carbocycles. The minimum absolute atomic E-state index is 0.0359. The zero-order chi connectivity index (χ0) is 12.2. The van der Waals surface area contributed by atoms with Crippen LogP contribution in [0.3, 0.4) is 0 Å². The molecule has 0 unspecified atom stereocenters. The normalized spacial score (nSPS) is 19.8. The molecule has 1 N–H and O–H groups in total. The molecule has 0 bridgehead atoms. The fraction of sp³-hybridized carbons (Fsp3) is 0.917. The third-order valence-electron chi connectivity index (χ3n) is 2.73. The first-order chi connectivity index (χ1) is 7.37. The van der Waals surface area contributed by atoms with Crippen LogP contribution in [-0.4, -0.2) is 49.2 Å². The molecule has 1 rings (SSSR count). The highest BCUT2D eigenvalue weighted by molar-refractivity contribution is 5.71. The van der Waals surface area contributed by atoms with Gasteiger partial charge in [0.05, 0.1) is 6.54 Å². The van der Waals surface area contributed by atoms with Crippen molar-refractivity contribution < 1.29 is 9.53 Å². The molecule has 0 atom stereocenters. The van der Waals surface area contributed by atoms with E-state index in [0.29, 0.717) is 6.54 Å². The molecule has 0 amide bonds. The lowest BCUT2D eigenvalue weighted by Crippen LogP contribution is -2.42. The van der Waals surface area contributed by atoms with Gasteiger partial charge in [0.25, 0.3) is 0 Å². The van der Waals surface area contributed by atoms with E-state index in [2.05, 4.69) is 17.3 Å². The number of likely N-dealkylation sites (tertiary alicyclic amines) is 1. The maximum atomic E-state index is 11.5. The van der Waals surface area contributed by atoms with Crippen molar-refractivity contribution in [1.82, 2.24) is 10.2 Å². The van der Waals surface area contributed by atoms with Crippen LogP contribution >= 0.6 is 0 Å². The van der Waals surface area contributed by atoms with Crippen molar-refractivity contribution in [1.29, 1.82) is 0 Å². The summed E-state index contributed by atoms with van der Waals surface area (Å²) < 4.78 is 5.41. The van der Waals surface area contributed by atoms with E-state index in [-0.39, 0.29) is 17.6 Å². The molecule has 0 spiro atoms. The number of rotatable bonds is 3. The molecule has 94 valence electrons. The van der Waals surface area contributed by atoms with E-state index in [4.69, 9.17) is 4.74 Å². The lowest BCUT2D eigenvalue weighted by Gasteiger charge is -2.29. The molecule has 16 heavy (non-hydrogen) atoms. The fourth-order valence-electron chi connectivity index (χ4n) is 1.67. The molecule has 4 nitrogen and oxygen atoms in total. The minimum atomic E-state index is -0.135. The molecule has 1 heterocycles. The fourth-order valence-corrected chi connectivity index (χ4v) is 1.67. The Morgan fingerprint density at radius 1 is 1.38 bits per heavy atom. The van der Waals surface area contributed by atoms with Crippen molar-refractivity contribution in [3.05, 3.63) is 0 Å². The molecule has 1 aliphatic rings. The van der Waals surface area contributed by atoms with Crippen molar-refractivity contribution in [2.75, 3.05) is 26.7 Å². The summed E-state index contributed by atoms with van der Waals surface area (Å²) in [6, 6.07) is 0. The largest absolute Gasteiger partial charge is 0.461 e. The molecule has 0 aliphatic carbocycles. The van der Waals surface area contributed by atoms with E-state index in [0.717, 1.165) is 25.9 Å². The van der Waals surface area contributed by atoms with E-state index >= 15 is 0 Å². The Hall–Kier alpha value is -0.610. The number of hydrogen-bond donors (Lipinski definition) is 1. The van der Waals surface area contributed by atoms with Gasteiger partial charge in [0.1, 0.15) is 6.10 Å². The van der Waals surface area contributed by atoms with Gasteiger partial charge in [0, 0.05) is 18.6 Å². The highest BCUT2D eigenvalue weighted by atomic mass is 16.5. The number of nitrogens with one attached hydrogen (secondary N) is 1. The van der Waals surface area contributed by atoms with Crippen LogP contribution in [-0.2, 0) is 9.53 Å². The number of carbonyl (C=O) groups is 1. The first-order valence-electron chi connectivity index (χ1n) is 6.00. The first kappa shape index (κ1) is 13.5. The van der Waals surface area contributed by atoms with Crippen LogP contribution in [0.2, 0.25) is 0 Å². The molecular formula is C12H24N2O2. The van der Waals surface area contributed by atoms with Crippen LogP contribution in [0.15, 0.2) is 0 Å². The van der Waals surface area contributed by atoms with Gasteiger partial charge in [-0.25, -0.2) is 0 Å². The number of ether oxygens (including phenoxy) is 1. The van der Waals surface area contributed by atoms with Crippen molar-refractivity contribution in [2.24, 2.45) is 0 Å². The number of nitrogens with zero attached hydrogens (tertiary/aromatic N) is 1. The summed E-state index contributed by atoms with van der Waals surface area (Å²) in [7, 11) is 2.10. The second-order valence-electron chi connectivity index (χ2n) is 5.60. The van der Waals surface area contributed by atoms with E-state index in [1.54, 1.807) is 0 Å². The van der Waals surface area contributed by atoms with Crippen LogP contribution in [0.4, 0.5) is 0 Å². The van der Waals surface area contributed by atoms with E-state index in [1.807, 2.05) is 20.8 Å². The van der Waals surface area contributed by atoms with Crippen LogP contribution in [0.25, 0.3) is 0 Å². The summed E-state index contributed by atoms with van der Waals surface area (Å²) in [6.45, 7) is 8.45. The van der Waals surface area contributed by atoms with Crippen LogP contribution in [0.1, 0.15) is 33.6 Å². The maximum Gasteiger partial charge on any atom is 0.320 e. The summed E-state index contributed by atoms with van der Waals surface area (Å²) in [6.07, 6.45) is 2.03. The first-order valence-corrected chi connectivity index (χ1v) is 6.00. The van der Waals surface area contributed by atoms with Crippen molar-refractivity contribution in [3.8, 4) is 0 Å². The zero-order valence-electron chi connectivity index (χ0n) is 10.9. The predicted molar refractivity (Wildman–Crippen MR) is 64.4 cm³/mol. The number of hydrogen-bond acceptors (Lipinski definition) is 4. The molecule has 4 heteroatoms. The average Bonchev–Trinajstić information content (AvgIpc) is 2.18. The molecule has 0 aromatic rings. The Balaban J connectivity index is 2.19. The molecule has 0 aromatic heterocycles. The van der Waals surface area contributed by atoms with Gasteiger partial charge in [0.15, 0.2) is 0 Å². The third-order valence-corrected chi connectivity index (χ3v) is 2.73. The standard InChI is InChI=1S/C12H24N2O2/c1-12(2,3)13-9-11(15)16-10-5-7-14(4)8-6-10/h10,13H,5-9H2,1-4H3. The Bertz CT molecular complexity index is 228. The quantitative estimate of drug-likeness (QED) is 0.732. The van der Waals surface area contributed by atoms with E-state index < -0.39 is 0 Å². The summed E-state index contributed by atoms with van der Waals surface area (Å²) >= 11 is 0. The Labute approximate surface area is 98.3 Å². The second-order valence-corrected chi connectivity index (χ2v) is 5.60. The lowest BCUT2D eigenvalue weighted by atomic mass is 10.1. The Kier molecular flexibility index (Phi) is 4.74. The van der Waals surface area contributed by atoms with E-state index in [1.165, 1.54) is 0 Å². The van der Waals surface area contributed by atoms with Gasteiger partial charge in [-0.15, -0.1) is 0 Å². The van der Waals surface area contributed by atoms with Gasteiger partial charge < -0.3 is 15.0 Å². The summed E-state index contributed by atoms with van der Waals surface area (Å²) in [5.41, 5.74) is -0.0359. The van der Waals surface area contributed by atoms with Gasteiger partial charge in [-0.1, -0.05) is 0 Å². The van der Waals surface area contributed by atoms with Gasteiger partial charge in [-0.2, -0.15) is 0 Å². The van der Waals surface area contributed by atoms with Crippen LogP contribution in [0, 0.1) is 0 Å². The summed E-state index contributed by atoms with van der Waals surface area (Å²) in [4.78, 5) is 13.8. The topological polar surface area (TPSA) is 41.6 Å². The molecule has 1 saturated heterocycles. The maximum absolute atomic E-state index is 11.5. The average molecular weight is 228 g/mol. The predicted octanol–water partition coefficient (Wildman–Crippen LogP) is 1.01. The monoisotopic (exact) mass is 228 g/mol. The minimum Gasteiger partial charge on any atom is -0.461 e. The SMILES string of the molecule is CN1CCC(OC(=O)CNC(C)(C)C)CC1. The van der Waals surface area contributed by atoms with Gasteiger partial charge >= 0.3 is 5.97 Å². The van der Waals surface area contributed by atoms with Gasteiger partial charge in [-0.3, -0.25) is 4.79 Å². The number of carbonyl (C=O) groups excluding carboxylic acids is 1.